The highest BCUT2D eigenvalue weighted by atomic mass is 16.5. The van der Waals surface area contributed by atoms with Crippen LogP contribution in [0.2, 0.25) is 0 Å². The number of unbranched alkanes of at least 4 members (excludes halogenated alkanes) is 2. The van der Waals surface area contributed by atoms with Crippen molar-refractivity contribution in [1.29, 1.82) is 0 Å². The molecule has 0 unspecified atom stereocenters. The minimum absolute atomic E-state index is 0.161. The lowest BCUT2D eigenvalue weighted by Crippen LogP contribution is -2.39. The molecule has 0 N–H and O–H groups in total. The number of fused-ring (bicyclic) bond motifs is 3. The SMILES string of the molecule is Cn1c2ccncc2c2ccc(-c3ccc(OC4CC(OCCCCC=O)C4)nc3)cc21. The summed E-state index contributed by atoms with van der Waals surface area (Å²) in [5, 5.41) is 2.37. The van der Waals surface area contributed by atoms with Gasteiger partial charge in [-0.25, -0.2) is 4.98 Å². The van der Waals surface area contributed by atoms with E-state index in [0.29, 0.717) is 12.3 Å². The standard InChI is InChI=1S/C26H27N3O3/c1-29-24-9-10-27-17-23(24)22-7-5-18(13-25(22)29)19-6-8-26(28-16-19)32-21-14-20(15-21)31-12-4-2-3-11-30/h5-11,13,16-17,20-21H,2-4,12,14-15H2,1H3. The van der Waals surface area contributed by atoms with E-state index in [-0.39, 0.29) is 12.2 Å². The van der Waals surface area contributed by atoms with Crippen LogP contribution in [0.25, 0.3) is 32.9 Å². The molecule has 6 nitrogen and oxygen atoms in total. The first-order chi connectivity index (χ1) is 15.7. The number of rotatable bonds is 9. The molecule has 3 heterocycles. The normalized spacial score (nSPS) is 18.0. The van der Waals surface area contributed by atoms with Gasteiger partial charge < -0.3 is 18.8 Å². The number of carbonyl (C=O) groups is 1. The Kier molecular flexibility index (Phi) is 5.86. The first kappa shape index (κ1) is 20.6. The number of aromatic nitrogens is 3. The summed E-state index contributed by atoms with van der Waals surface area (Å²) in [5.74, 6) is 0.653. The second-order valence-electron chi connectivity index (χ2n) is 8.44. The summed E-state index contributed by atoms with van der Waals surface area (Å²) in [5.41, 5.74) is 4.55. The number of pyridine rings is 2. The first-order valence-electron chi connectivity index (χ1n) is 11.2. The molecule has 0 spiro atoms. The van der Waals surface area contributed by atoms with Crippen molar-refractivity contribution in [2.45, 2.75) is 44.3 Å². The third-order valence-electron chi connectivity index (χ3n) is 6.29. The Bertz CT molecular complexity index is 1230. The van der Waals surface area contributed by atoms with Gasteiger partial charge in [-0.1, -0.05) is 12.1 Å². The maximum Gasteiger partial charge on any atom is 0.213 e. The molecule has 4 aromatic rings. The van der Waals surface area contributed by atoms with E-state index in [9.17, 15) is 4.79 Å². The summed E-state index contributed by atoms with van der Waals surface area (Å²) in [6, 6.07) is 12.6. The van der Waals surface area contributed by atoms with Gasteiger partial charge in [0.15, 0.2) is 0 Å². The second kappa shape index (κ2) is 9.09. The number of aryl methyl sites for hydroxylation is 1. The van der Waals surface area contributed by atoms with Crippen molar-refractivity contribution < 1.29 is 14.3 Å². The van der Waals surface area contributed by atoms with E-state index < -0.39 is 0 Å². The number of benzene rings is 1. The second-order valence-corrected chi connectivity index (χ2v) is 8.44. The number of ether oxygens (including phenoxy) is 2. The molecule has 6 heteroatoms. The van der Waals surface area contributed by atoms with Gasteiger partial charge in [0.25, 0.3) is 0 Å². The van der Waals surface area contributed by atoms with Crippen molar-refractivity contribution in [1.82, 2.24) is 14.5 Å². The van der Waals surface area contributed by atoms with Crippen molar-refractivity contribution in [3.05, 3.63) is 55.0 Å². The molecule has 1 saturated carbocycles. The lowest BCUT2D eigenvalue weighted by molar-refractivity contribution is -0.108. The minimum Gasteiger partial charge on any atom is -0.474 e. The van der Waals surface area contributed by atoms with E-state index >= 15 is 0 Å². The maximum atomic E-state index is 10.3. The van der Waals surface area contributed by atoms with Crippen LogP contribution in [0.5, 0.6) is 5.88 Å². The Labute approximate surface area is 187 Å². The quantitative estimate of drug-likeness (QED) is 0.274. The topological polar surface area (TPSA) is 66.2 Å². The Balaban J connectivity index is 1.20. The number of nitrogens with zero attached hydrogens (tertiary/aromatic N) is 3. The fourth-order valence-electron chi connectivity index (χ4n) is 4.35. The molecular weight excluding hydrogens is 402 g/mol. The van der Waals surface area contributed by atoms with Gasteiger partial charge in [-0.05, 0) is 36.6 Å². The van der Waals surface area contributed by atoms with Gasteiger partial charge in [-0.15, -0.1) is 0 Å². The van der Waals surface area contributed by atoms with Gasteiger partial charge in [0, 0.05) is 79.4 Å². The minimum atomic E-state index is 0.161. The zero-order chi connectivity index (χ0) is 21.9. The highest BCUT2D eigenvalue weighted by molar-refractivity contribution is 6.08. The molecular formula is C26H27N3O3. The molecule has 5 rings (SSSR count). The van der Waals surface area contributed by atoms with Crippen LogP contribution in [0.3, 0.4) is 0 Å². The lowest BCUT2D eigenvalue weighted by atomic mass is 9.92. The van der Waals surface area contributed by atoms with Gasteiger partial charge in [0.2, 0.25) is 5.88 Å². The average molecular weight is 430 g/mol. The summed E-state index contributed by atoms with van der Waals surface area (Å²) in [6.07, 6.45) is 11.3. The lowest BCUT2D eigenvalue weighted by Gasteiger charge is -2.34. The highest BCUT2D eigenvalue weighted by Gasteiger charge is 2.31. The number of hydrogen-bond donors (Lipinski definition) is 0. The monoisotopic (exact) mass is 429 g/mol. The highest BCUT2D eigenvalue weighted by Crippen LogP contribution is 2.32. The van der Waals surface area contributed by atoms with Crippen LogP contribution in [0.15, 0.2) is 55.0 Å². The van der Waals surface area contributed by atoms with Crippen LogP contribution in [-0.4, -0.2) is 39.6 Å². The molecule has 0 saturated heterocycles. The van der Waals surface area contributed by atoms with Gasteiger partial charge in [0.1, 0.15) is 12.4 Å². The molecule has 0 aliphatic heterocycles. The molecule has 0 amide bonds. The molecule has 0 bridgehead atoms. The summed E-state index contributed by atoms with van der Waals surface area (Å²) in [7, 11) is 2.09. The third-order valence-corrected chi connectivity index (χ3v) is 6.29. The third kappa shape index (κ3) is 4.10. The molecule has 1 aliphatic rings. The van der Waals surface area contributed by atoms with E-state index in [1.165, 1.54) is 21.8 Å². The Morgan fingerprint density at radius 3 is 2.69 bits per heavy atom. The summed E-state index contributed by atoms with van der Waals surface area (Å²) >= 11 is 0. The van der Waals surface area contributed by atoms with Crippen LogP contribution < -0.4 is 4.74 Å². The fraction of sp³-hybridized carbons (Fsp3) is 0.346. The first-order valence-corrected chi connectivity index (χ1v) is 11.2. The summed E-state index contributed by atoms with van der Waals surface area (Å²) < 4.78 is 14.0. The van der Waals surface area contributed by atoms with E-state index in [1.54, 1.807) is 0 Å². The summed E-state index contributed by atoms with van der Waals surface area (Å²) in [4.78, 5) is 19.1. The maximum absolute atomic E-state index is 10.3. The number of hydrogen-bond acceptors (Lipinski definition) is 5. The number of aldehydes is 1. The zero-order valence-corrected chi connectivity index (χ0v) is 18.2. The smallest absolute Gasteiger partial charge is 0.213 e. The predicted molar refractivity (Wildman–Crippen MR) is 125 cm³/mol. The predicted octanol–water partition coefficient (Wildman–Crippen LogP) is 5.08. The molecule has 1 aliphatic carbocycles. The zero-order valence-electron chi connectivity index (χ0n) is 18.2. The molecule has 0 radical (unpaired) electrons. The molecule has 0 atom stereocenters. The van der Waals surface area contributed by atoms with E-state index in [0.717, 1.165) is 49.7 Å². The molecule has 3 aromatic heterocycles. The fourth-order valence-corrected chi connectivity index (χ4v) is 4.35. The molecule has 164 valence electrons. The average Bonchev–Trinajstić information content (AvgIpc) is 3.09. The summed E-state index contributed by atoms with van der Waals surface area (Å²) in [6.45, 7) is 0.718. The van der Waals surface area contributed by atoms with Crippen LogP contribution >= 0.6 is 0 Å². The molecule has 32 heavy (non-hydrogen) atoms. The van der Waals surface area contributed by atoms with Crippen LogP contribution in [-0.2, 0) is 16.6 Å². The largest absolute Gasteiger partial charge is 0.474 e. The Morgan fingerprint density at radius 2 is 1.88 bits per heavy atom. The Morgan fingerprint density at radius 1 is 1.00 bits per heavy atom. The van der Waals surface area contributed by atoms with Crippen molar-refractivity contribution >= 4 is 28.1 Å². The molecule has 1 fully saturated rings. The van der Waals surface area contributed by atoms with Crippen molar-refractivity contribution in [2.24, 2.45) is 7.05 Å². The van der Waals surface area contributed by atoms with Crippen LogP contribution in [0.4, 0.5) is 0 Å². The van der Waals surface area contributed by atoms with Gasteiger partial charge in [-0.2, -0.15) is 0 Å². The van der Waals surface area contributed by atoms with Crippen molar-refractivity contribution in [3.8, 4) is 17.0 Å². The van der Waals surface area contributed by atoms with Crippen LogP contribution in [0, 0.1) is 0 Å². The van der Waals surface area contributed by atoms with Crippen LogP contribution in [0.1, 0.15) is 32.1 Å². The van der Waals surface area contributed by atoms with E-state index in [1.807, 2.05) is 30.7 Å². The van der Waals surface area contributed by atoms with E-state index in [4.69, 9.17) is 9.47 Å². The van der Waals surface area contributed by atoms with Gasteiger partial charge in [-0.3, -0.25) is 4.98 Å². The van der Waals surface area contributed by atoms with Crippen molar-refractivity contribution in [2.75, 3.05) is 6.61 Å². The van der Waals surface area contributed by atoms with Crippen molar-refractivity contribution in [3.63, 3.8) is 0 Å². The van der Waals surface area contributed by atoms with E-state index in [2.05, 4.69) is 45.8 Å². The number of carbonyl (C=O) groups excluding carboxylic acids is 1. The van der Waals surface area contributed by atoms with Gasteiger partial charge >= 0.3 is 0 Å². The Hall–Kier alpha value is -3.25. The van der Waals surface area contributed by atoms with Gasteiger partial charge in [0.05, 0.1) is 11.6 Å². The molecule has 1 aromatic carbocycles.